The highest BCUT2D eigenvalue weighted by Crippen LogP contribution is 2.52. The number of hydrogen-bond donors (Lipinski definition) is 0. The van der Waals surface area contributed by atoms with E-state index in [1.165, 1.54) is 116 Å². The molecule has 1 aliphatic rings. The largest absolute Gasteiger partial charge is 0.369 e. The lowest BCUT2D eigenvalue weighted by molar-refractivity contribution is -0.338. The summed E-state index contributed by atoms with van der Waals surface area (Å²) < 4.78 is 14.7. The molecular formula is C28H56O2. The average Bonchev–Trinajstić information content (AvgIpc) is 2.77. The third kappa shape index (κ3) is 7.51. The molecule has 1 aliphatic heterocycles. The molecule has 0 aromatic rings. The number of rotatable bonds is 18. The SMILES string of the molecule is CCCCC1(CCCC)COC(CCCC)(CCCC)C(CCCC)(CCCC)O1. The van der Waals surface area contributed by atoms with Gasteiger partial charge in [-0.05, 0) is 38.5 Å². The number of ether oxygens (including phenoxy) is 2. The Morgan fingerprint density at radius 1 is 0.467 bits per heavy atom. The normalized spacial score (nSPS) is 19.8. The zero-order valence-electron chi connectivity index (χ0n) is 21.8. The van der Waals surface area contributed by atoms with Gasteiger partial charge in [0.1, 0.15) is 0 Å². The summed E-state index contributed by atoms with van der Waals surface area (Å²) in [6, 6.07) is 0. The van der Waals surface area contributed by atoms with Crippen molar-refractivity contribution in [2.75, 3.05) is 6.61 Å². The van der Waals surface area contributed by atoms with Gasteiger partial charge >= 0.3 is 0 Å². The van der Waals surface area contributed by atoms with Gasteiger partial charge in [0.15, 0.2) is 0 Å². The molecule has 1 rings (SSSR count). The predicted octanol–water partition coefficient (Wildman–Crippen LogP) is 9.39. The number of hydrogen-bond acceptors (Lipinski definition) is 2. The first kappa shape index (κ1) is 28.0. The summed E-state index contributed by atoms with van der Waals surface area (Å²) in [6.07, 6.45) is 22.0. The Balaban J connectivity index is 3.39. The molecule has 0 radical (unpaired) electrons. The Labute approximate surface area is 190 Å². The van der Waals surface area contributed by atoms with Crippen LogP contribution in [0.5, 0.6) is 0 Å². The maximum atomic E-state index is 7.56. The third-order valence-electron chi connectivity index (χ3n) is 7.56. The molecule has 1 heterocycles. The van der Waals surface area contributed by atoms with Gasteiger partial charge in [-0.25, -0.2) is 0 Å². The molecule has 0 aromatic carbocycles. The van der Waals surface area contributed by atoms with Gasteiger partial charge in [0.25, 0.3) is 0 Å². The van der Waals surface area contributed by atoms with Gasteiger partial charge in [0, 0.05) is 0 Å². The average molecular weight is 425 g/mol. The van der Waals surface area contributed by atoms with Crippen molar-refractivity contribution in [2.24, 2.45) is 0 Å². The third-order valence-corrected chi connectivity index (χ3v) is 7.56. The molecule has 2 heteroatoms. The molecule has 2 nitrogen and oxygen atoms in total. The van der Waals surface area contributed by atoms with E-state index in [1.54, 1.807) is 0 Å². The molecule has 0 N–H and O–H groups in total. The summed E-state index contributed by atoms with van der Waals surface area (Å²) in [5.74, 6) is 0. The van der Waals surface area contributed by atoms with Gasteiger partial charge in [-0.3, -0.25) is 0 Å². The maximum Gasteiger partial charge on any atom is 0.0979 e. The minimum absolute atomic E-state index is 0.0601. The lowest BCUT2D eigenvalue weighted by Gasteiger charge is -2.60. The quantitative estimate of drug-likeness (QED) is 0.218. The van der Waals surface area contributed by atoms with Gasteiger partial charge in [-0.1, -0.05) is 119 Å². The molecule has 0 aromatic heterocycles. The van der Waals surface area contributed by atoms with E-state index < -0.39 is 0 Å². The lowest BCUT2D eigenvalue weighted by Crippen LogP contribution is -2.67. The Bertz CT molecular complexity index is 393. The van der Waals surface area contributed by atoms with Crippen LogP contribution in [-0.2, 0) is 9.47 Å². The van der Waals surface area contributed by atoms with Crippen LogP contribution in [0.25, 0.3) is 0 Å². The summed E-state index contributed by atoms with van der Waals surface area (Å²) in [6.45, 7) is 14.8. The van der Waals surface area contributed by atoms with Crippen LogP contribution in [0.1, 0.15) is 157 Å². The molecule has 30 heavy (non-hydrogen) atoms. The highest BCUT2D eigenvalue weighted by atomic mass is 16.6. The maximum absolute atomic E-state index is 7.56. The van der Waals surface area contributed by atoms with Gasteiger partial charge in [0.2, 0.25) is 0 Å². The van der Waals surface area contributed by atoms with Crippen molar-refractivity contribution in [3.63, 3.8) is 0 Å². The molecule has 0 unspecified atom stereocenters. The molecule has 0 saturated carbocycles. The van der Waals surface area contributed by atoms with Crippen molar-refractivity contribution in [1.82, 2.24) is 0 Å². The van der Waals surface area contributed by atoms with Gasteiger partial charge in [0.05, 0.1) is 23.4 Å². The fourth-order valence-electron chi connectivity index (χ4n) is 5.56. The van der Waals surface area contributed by atoms with Crippen molar-refractivity contribution in [2.45, 2.75) is 174 Å². The van der Waals surface area contributed by atoms with E-state index in [4.69, 9.17) is 9.47 Å². The second kappa shape index (κ2) is 14.9. The lowest BCUT2D eigenvalue weighted by atomic mass is 9.68. The van der Waals surface area contributed by atoms with Gasteiger partial charge < -0.3 is 9.47 Å². The molecule has 180 valence electrons. The van der Waals surface area contributed by atoms with Gasteiger partial charge in [-0.15, -0.1) is 0 Å². The van der Waals surface area contributed by atoms with E-state index in [0.29, 0.717) is 0 Å². The molecular weight excluding hydrogens is 368 g/mol. The summed E-state index contributed by atoms with van der Waals surface area (Å²) in [4.78, 5) is 0. The van der Waals surface area contributed by atoms with E-state index in [0.717, 1.165) is 6.61 Å². The standard InChI is InChI=1S/C28H56O2/c1-7-13-19-26(20-14-8-2)25-29-27(21-15-9-3,22-16-10-4)28(30-26,23-17-11-5)24-18-12-6/h7-25H2,1-6H3. The van der Waals surface area contributed by atoms with E-state index in [1.807, 2.05) is 0 Å². The first-order valence-electron chi connectivity index (χ1n) is 13.9. The van der Waals surface area contributed by atoms with Crippen molar-refractivity contribution in [3.05, 3.63) is 0 Å². The minimum atomic E-state index is -0.0942. The van der Waals surface area contributed by atoms with Crippen LogP contribution < -0.4 is 0 Å². The Morgan fingerprint density at radius 3 is 1.17 bits per heavy atom. The summed E-state index contributed by atoms with van der Waals surface area (Å²) in [7, 11) is 0. The summed E-state index contributed by atoms with van der Waals surface area (Å²) in [5.41, 5.74) is -0.232. The monoisotopic (exact) mass is 424 g/mol. The first-order valence-corrected chi connectivity index (χ1v) is 13.9. The van der Waals surface area contributed by atoms with Crippen LogP contribution in [0.15, 0.2) is 0 Å². The molecule has 0 atom stereocenters. The van der Waals surface area contributed by atoms with Crippen LogP contribution in [0, 0.1) is 0 Å². The van der Waals surface area contributed by atoms with Crippen molar-refractivity contribution >= 4 is 0 Å². The van der Waals surface area contributed by atoms with Crippen molar-refractivity contribution < 1.29 is 9.47 Å². The Morgan fingerprint density at radius 2 is 0.800 bits per heavy atom. The number of unbranched alkanes of at least 4 members (excludes halogenated alkanes) is 6. The van der Waals surface area contributed by atoms with Crippen LogP contribution in [0.4, 0.5) is 0 Å². The van der Waals surface area contributed by atoms with E-state index in [2.05, 4.69) is 41.5 Å². The van der Waals surface area contributed by atoms with Crippen LogP contribution in [-0.4, -0.2) is 23.4 Å². The molecule has 1 saturated heterocycles. The smallest absolute Gasteiger partial charge is 0.0979 e. The van der Waals surface area contributed by atoms with Crippen LogP contribution >= 0.6 is 0 Å². The minimum Gasteiger partial charge on any atom is -0.369 e. The Kier molecular flexibility index (Phi) is 13.9. The Hall–Kier alpha value is -0.0800. The second-order valence-corrected chi connectivity index (χ2v) is 10.2. The first-order chi connectivity index (χ1) is 14.5. The summed E-state index contributed by atoms with van der Waals surface area (Å²) in [5, 5.41) is 0. The predicted molar refractivity (Wildman–Crippen MR) is 132 cm³/mol. The molecule has 0 aliphatic carbocycles. The van der Waals surface area contributed by atoms with Crippen molar-refractivity contribution in [3.8, 4) is 0 Å². The fourth-order valence-corrected chi connectivity index (χ4v) is 5.56. The highest BCUT2D eigenvalue weighted by molar-refractivity contribution is 5.08. The zero-order valence-corrected chi connectivity index (χ0v) is 21.8. The molecule has 1 fully saturated rings. The van der Waals surface area contributed by atoms with Crippen molar-refractivity contribution in [1.29, 1.82) is 0 Å². The van der Waals surface area contributed by atoms with Crippen LogP contribution in [0.2, 0.25) is 0 Å². The van der Waals surface area contributed by atoms with E-state index >= 15 is 0 Å². The molecule has 0 bridgehead atoms. The molecule has 0 spiro atoms. The second-order valence-electron chi connectivity index (χ2n) is 10.2. The fraction of sp³-hybridized carbons (Fsp3) is 1.00. The summed E-state index contributed by atoms with van der Waals surface area (Å²) >= 11 is 0. The van der Waals surface area contributed by atoms with Gasteiger partial charge in [-0.2, -0.15) is 0 Å². The molecule has 0 amide bonds. The van der Waals surface area contributed by atoms with Crippen LogP contribution in [0.3, 0.4) is 0 Å². The highest BCUT2D eigenvalue weighted by Gasteiger charge is 2.58. The topological polar surface area (TPSA) is 18.5 Å². The van der Waals surface area contributed by atoms with E-state index in [-0.39, 0.29) is 16.8 Å². The zero-order chi connectivity index (χ0) is 22.3. The van der Waals surface area contributed by atoms with E-state index in [9.17, 15) is 0 Å².